The lowest BCUT2D eigenvalue weighted by Crippen LogP contribution is -2.86. The minimum atomic E-state index is -2.43. The summed E-state index contributed by atoms with van der Waals surface area (Å²) in [7, 11) is 0. The van der Waals surface area contributed by atoms with Gasteiger partial charge < -0.3 is 30.3 Å². The molecule has 6 heteroatoms. The van der Waals surface area contributed by atoms with E-state index in [1.54, 1.807) is 48.5 Å². The van der Waals surface area contributed by atoms with E-state index in [4.69, 9.17) is 4.74 Å². The maximum atomic E-state index is 12.9. The van der Waals surface area contributed by atoms with Crippen molar-refractivity contribution in [3.63, 3.8) is 0 Å². The van der Waals surface area contributed by atoms with Crippen LogP contribution in [0.2, 0.25) is 0 Å². The lowest BCUT2D eigenvalue weighted by atomic mass is 9.56. The molecule has 1 heterocycles. The van der Waals surface area contributed by atoms with Gasteiger partial charge in [-0.25, -0.2) is 0 Å². The zero-order valence-electron chi connectivity index (χ0n) is 22.3. The van der Waals surface area contributed by atoms with Gasteiger partial charge in [0.25, 0.3) is 0 Å². The molecule has 4 aromatic rings. The summed E-state index contributed by atoms with van der Waals surface area (Å²) in [4.78, 5) is 0. The van der Waals surface area contributed by atoms with E-state index in [0.717, 1.165) is 0 Å². The molecule has 5 atom stereocenters. The topological polar surface area (TPSA) is 110 Å². The Balaban J connectivity index is 1.74. The predicted octanol–water partition coefficient (Wildman–Crippen LogP) is 3.23. The van der Waals surface area contributed by atoms with Crippen LogP contribution in [0.4, 0.5) is 0 Å². The number of aliphatic hydroxyl groups is 5. The van der Waals surface area contributed by atoms with Crippen LogP contribution < -0.4 is 0 Å². The van der Waals surface area contributed by atoms with Crippen molar-refractivity contribution < 1.29 is 30.3 Å². The van der Waals surface area contributed by atoms with E-state index in [-0.39, 0.29) is 25.7 Å². The highest BCUT2D eigenvalue weighted by atomic mass is 16.7. The summed E-state index contributed by atoms with van der Waals surface area (Å²) in [6.45, 7) is -0.695. The first-order valence-electron chi connectivity index (χ1n) is 13.6. The van der Waals surface area contributed by atoms with Crippen molar-refractivity contribution in [1.29, 1.82) is 0 Å². The third-order valence-electron chi connectivity index (χ3n) is 8.29. The molecule has 1 saturated heterocycles. The molecule has 1 aliphatic heterocycles. The summed E-state index contributed by atoms with van der Waals surface area (Å²) in [6.07, 6.45) is -2.19. The zero-order chi connectivity index (χ0) is 28.3. The van der Waals surface area contributed by atoms with E-state index >= 15 is 0 Å². The predicted molar refractivity (Wildman–Crippen MR) is 152 cm³/mol. The summed E-state index contributed by atoms with van der Waals surface area (Å²) in [5.74, 6) is -2.38. The molecule has 1 fully saturated rings. The molecule has 208 valence electrons. The fraction of sp³-hybridized carbons (Fsp3) is 0.294. The molecule has 0 unspecified atom stereocenters. The highest BCUT2D eigenvalue weighted by molar-refractivity contribution is 5.35. The van der Waals surface area contributed by atoms with Crippen molar-refractivity contribution in [1.82, 2.24) is 0 Å². The van der Waals surface area contributed by atoms with E-state index < -0.39 is 35.3 Å². The lowest BCUT2D eigenvalue weighted by molar-refractivity contribution is -0.440. The largest absolute Gasteiger partial charge is 0.394 e. The van der Waals surface area contributed by atoms with Gasteiger partial charge >= 0.3 is 0 Å². The Morgan fingerprint density at radius 2 is 0.825 bits per heavy atom. The van der Waals surface area contributed by atoms with Gasteiger partial charge in [-0.2, -0.15) is 0 Å². The second-order valence-corrected chi connectivity index (χ2v) is 10.9. The van der Waals surface area contributed by atoms with Crippen LogP contribution >= 0.6 is 0 Å². The molecule has 0 aliphatic carbocycles. The quantitative estimate of drug-likeness (QED) is 0.223. The summed E-state index contributed by atoms with van der Waals surface area (Å²) >= 11 is 0. The Morgan fingerprint density at radius 3 is 1.23 bits per heavy atom. The Bertz CT molecular complexity index is 1370. The van der Waals surface area contributed by atoms with Crippen LogP contribution in [0.25, 0.3) is 0 Å². The van der Waals surface area contributed by atoms with Gasteiger partial charge in [0.1, 0.15) is 17.3 Å². The van der Waals surface area contributed by atoms with Crippen molar-refractivity contribution in [2.75, 3.05) is 6.61 Å². The van der Waals surface area contributed by atoms with Gasteiger partial charge in [-0.3, -0.25) is 0 Å². The van der Waals surface area contributed by atoms with Crippen molar-refractivity contribution in [2.24, 2.45) is 0 Å². The standard InChI is InChI=1S/C34H36O6/c35-25-30-31(36,21-26-13-5-1-6-14-26)32(37,22-27-15-7-2-8-16-27)33(38,23-28-17-9-3-10-18-28)34(39,40-30)24-29-19-11-4-12-20-29/h1-20,30,35-39H,21-25H2/t30-,31-,32+,33-,34-/m1/s1. The molecule has 0 amide bonds. The molecule has 5 N–H and O–H groups in total. The monoisotopic (exact) mass is 540 g/mol. The van der Waals surface area contributed by atoms with Crippen LogP contribution in [0.1, 0.15) is 22.3 Å². The molecule has 0 aromatic heterocycles. The molecule has 6 nitrogen and oxygen atoms in total. The number of benzene rings is 4. The molecule has 0 spiro atoms. The van der Waals surface area contributed by atoms with Gasteiger partial charge in [0.2, 0.25) is 5.79 Å². The van der Waals surface area contributed by atoms with Gasteiger partial charge in [0.15, 0.2) is 5.60 Å². The first kappa shape index (κ1) is 28.2. The number of hydrogen-bond donors (Lipinski definition) is 5. The Kier molecular flexibility index (Phi) is 7.93. The van der Waals surface area contributed by atoms with Crippen molar-refractivity contribution in [3.05, 3.63) is 144 Å². The minimum Gasteiger partial charge on any atom is -0.394 e. The average molecular weight is 541 g/mol. The van der Waals surface area contributed by atoms with Crippen LogP contribution in [0.15, 0.2) is 121 Å². The van der Waals surface area contributed by atoms with Gasteiger partial charge in [0.05, 0.1) is 6.61 Å². The SMILES string of the molecule is OC[C@H]1O[C@](O)(Cc2ccccc2)[C@@](O)(Cc2ccccc2)[C@](O)(Cc2ccccc2)[C@@]1(O)Cc1ccccc1. The van der Waals surface area contributed by atoms with Gasteiger partial charge in [0, 0.05) is 25.7 Å². The molecule has 1 aliphatic rings. The van der Waals surface area contributed by atoms with Crippen molar-refractivity contribution in [3.8, 4) is 0 Å². The van der Waals surface area contributed by atoms with Crippen LogP contribution in [-0.2, 0) is 30.4 Å². The average Bonchev–Trinajstić information content (AvgIpc) is 2.97. The molecule has 0 bridgehead atoms. The second kappa shape index (κ2) is 11.3. The molecular formula is C34H36O6. The van der Waals surface area contributed by atoms with E-state index in [9.17, 15) is 25.5 Å². The smallest absolute Gasteiger partial charge is 0.202 e. The fourth-order valence-corrected chi connectivity index (χ4v) is 6.16. The molecule has 4 aromatic carbocycles. The van der Waals surface area contributed by atoms with E-state index in [0.29, 0.717) is 22.3 Å². The van der Waals surface area contributed by atoms with Crippen LogP contribution in [0.5, 0.6) is 0 Å². The molecule has 0 saturated carbocycles. The third-order valence-corrected chi connectivity index (χ3v) is 8.29. The van der Waals surface area contributed by atoms with Gasteiger partial charge in [-0.05, 0) is 22.3 Å². The summed E-state index contributed by atoms with van der Waals surface area (Å²) in [6, 6.07) is 36.2. The number of hydrogen-bond acceptors (Lipinski definition) is 6. The number of ether oxygens (including phenoxy) is 1. The summed E-state index contributed by atoms with van der Waals surface area (Å²) in [5.41, 5.74) is -4.41. The molecule has 5 rings (SSSR count). The van der Waals surface area contributed by atoms with Crippen molar-refractivity contribution in [2.45, 2.75) is 54.4 Å². The highest BCUT2D eigenvalue weighted by Gasteiger charge is 2.76. The van der Waals surface area contributed by atoms with E-state index in [2.05, 4.69) is 0 Å². The van der Waals surface area contributed by atoms with E-state index in [1.165, 1.54) is 0 Å². The van der Waals surface area contributed by atoms with Crippen molar-refractivity contribution >= 4 is 0 Å². The molecule has 40 heavy (non-hydrogen) atoms. The maximum Gasteiger partial charge on any atom is 0.202 e. The Hall–Kier alpha value is -3.36. The van der Waals surface area contributed by atoms with Crippen LogP contribution in [0, 0.1) is 0 Å². The minimum absolute atomic E-state index is 0.138. The fourth-order valence-electron chi connectivity index (χ4n) is 6.16. The Labute approximate surface area is 234 Å². The van der Waals surface area contributed by atoms with Crippen LogP contribution in [-0.4, -0.2) is 60.8 Å². The third kappa shape index (κ3) is 4.99. The lowest BCUT2D eigenvalue weighted by Gasteiger charge is -2.64. The normalized spacial score (nSPS) is 30.2. The maximum absolute atomic E-state index is 12.9. The Morgan fingerprint density at radius 1 is 0.475 bits per heavy atom. The van der Waals surface area contributed by atoms with E-state index in [1.807, 2.05) is 72.8 Å². The number of aliphatic hydroxyl groups excluding tert-OH is 1. The first-order chi connectivity index (χ1) is 19.2. The van der Waals surface area contributed by atoms with Gasteiger partial charge in [-0.1, -0.05) is 121 Å². The molecule has 0 radical (unpaired) electrons. The van der Waals surface area contributed by atoms with Crippen LogP contribution in [0.3, 0.4) is 0 Å². The zero-order valence-corrected chi connectivity index (χ0v) is 22.3. The highest BCUT2D eigenvalue weighted by Crippen LogP contribution is 2.53. The number of rotatable bonds is 9. The second-order valence-electron chi connectivity index (χ2n) is 10.9. The summed E-state index contributed by atoms with van der Waals surface area (Å²) < 4.78 is 6.18. The molecular weight excluding hydrogens is 504 g/mol. The first-order valence-corrected chi connectivity index (χ1v) is 13.6. The van der Waals surface area contributed by atoms with Gasteiger partial charge in [-0.15, -0.1) is 0 Å². The summed E-state index contributed by atoms with van der Waals surface area (Å²) in [5, 5.41) is 61.3.